The zero-order valence-corrected chi connectivity index (χ0v) is 15.6. The molecule has 2 aromatic rings. The summed E-state index contributed by atoms with van der Waals surface area (Å²) in [6.45, 7) is 2.76. The van der Waals surface area contributed by atoms with Crippen LogP contribution in [0.1, 0.15) is 29.8 Å². The summed E-state index contributed by atoms with van der Waals surface area (Å²) in [6.07, 6.45) is 2.83. The van der Waals surface area contributed by atoms with Crippen LogP contribution in [0.5, 0.6) is 0 Å². The van der Waals surface area contributed by atoms with E-state index in [1.807, 2.05) is 34.5 Å². The molecule has 3 rings (SSSR count). The Morgan fingerprint density at radius 3 is 2.92 bits per heavy atom. The Kier molecular flexibility index (Phi) is 6.42. The predicted octanol–water partition coefficient (Wildman–Crippen LogP) is 3.43. The van der Waals surface area contributed by atoms with Crippen molar-refractivity contribution in [3.63, 3.8) is 0 Å². The van der Waals surface area contributed by atoms with E-state index in [9.17, 15) is 4.79 Å². The molecule has 1 aromatic heterocycles. The van der Waals surface area contributed by atoms with E-state index in [1.165, 1.54) is 11.3 Å². The van der Waals surface area contributed by atoms with Crippen molar-refractivity contribution in [3.05, 3.63) is 40.4 Å². The van der Waals surface area contributed by atoms with Crippen molar-refractivity contribution in [3.8, 4) is 10.6 Å². The van der Waals surface area contributed by atoms with E-state index in [0.717, 1.165) is 29.8 Å². The van der Waals surface area contributed by atoms with Crippen molar-refractivity contribution in [1.82, 2.24) is 9.88 Å². The van der Waals surface area contributed by atoms with Crippen molar-refractivity contribution in [2.24, 2.45) is 5.73 Å². The number of amides is 1. The van der Waals surface area contributed by atoms with Crippen molar-refractivity contribution >= 4 is 28.8 Å². The maximum atomic E-state index is 12.7. The smallest absolute Gasteiger partial charge is 0.273 e. The lowest BCUT2D eigenvalue weighted by molar-refractivity contribution is 0.00831. The molecule has 0 spiro atoms. The summed E-state index contributed by atoms with van der Waals surface area (Å²) in [7, 11) is 0. The molecular formula is C18H22ClN3O2S. The first kappa shape index (κ1) is 18.3. The molecule has 0 bridgehead atoms. The van der Waals surface area contributed by atoms with Crippen LogP contribution in [0.4, 0.5) is 0 Å². The molecule has 2 heterocycles. The van der Waals surface area contributed by atoms with E-state index in [-0.39, 0.29) is 12.0 Å². The molecule has 134 valence electrons. The molecule has 1 fully saturated rings. The monoisotopic (exact) mass is 379 g/mol. The first-order valence-electron chi connectivity index (χ1n) is 8.50. The van der Waals surface area contributed by atoms with Crippen molar-refractivity contribution in [1.29, 1.82) is 0 Å². The van der Waals surface area contributed by atoms with E-state index >= 15 is 0 Å². The lowest BCUT2D eigenvalue weighted by atomic mass is 10.1. The second-order valence-corrected chi connectivity index (χ2v) is 7.35. The number of carbonyl (C=O) groups is 1. The van der Waals surface area contributed by atoms with Crippen LogP contribution < -0.4 is 5.73 Å². The van der Waals surface area contributed by atoms with Gasteiger partial charge in [-0.05, 0) is 37.9 Å². The molecule has 0 atom stereocenters. The van der Waals surface area contributed by atoms with Gasteiger partial charge in [-0.2, -0.15) is 0 Å². The fourth-order valence-corrected chi connectivity index (χ4v) is 3.83. The van der Waals surface area contributed by atoms with Crippen LogP contribution in [0.3, 0.4) is 0 Å². The van der Waals surface area contributed by atoms with Gasteiger partial charge < -0.3 is 15.4 Å². The first-order valence-corrected chi connectivity index (χ1v) is 9.75. The summed E-state index contributed by atoms with van der Waals surface area (Å²) in [6, 6.07) is 7.52. The number of halogens is 1. The minimum absolute atomic E-state index is 0.00932. The summed E-state index contributed by atoms with van der Waals surface area (Å²) >= 11 is 7.49. The minimum Gasteiger partial charge on any atom is -0.378 e. The summed E-state index contributed by atoms with van der Waals surface area (Å²) in [5.74, 6) is -0.00932. The van der Waals surface area contributed by atoms with Gasteiger partial charge in [-0.15, -0.1) is 11.3 Å². The topological polar surface area (TPSA) is 68.5 Å². The molecular weight excluding hydrogens is 358 g/mol. The Labute approximate surface area is 156 Å². The number of piperidine rings is 1. The molecule has 5 nitrogen and oxygen atoms in total. The number of thiazole rings is 1. The molecule has 0 unspecified atom stereocenters. The van der Waals surface area contributed by atoms with Gasteiger partial charge in [-0.1, -0.05) is 23.7 Å². The molecule has 7 heteroatoms. The third-order valence-corrected chi connectivity index (χ3v) is 5.35. The molecule has 0 saturated carbocycles. The Bertz CT molecular complexity index is 714. The number of aromatic nitrogens is 1. The second-order valence-electron chi connectivity index (χ2n) is 6.05. The van der Waals surface area contributed by atoms with Crippen LogP contribution in [-0.4, -0.2) is 48.1 Å². The second kappa shape index (κ2) is 8.76. The van der Waals surface area contributed by atoms with Gasteiger partial charge >= 0.3 is 0 Å². The van der Waals surface area contributed by atoms with Crippen molar-refractivity contribution < 1.29 is 9.53 Å². The lowest BCUT2D eigenvalue weighted by Gasteiger charge is -2.31. The van der Waals surface area contributed by atoms with E-state index in [4.69, 9.17) is 22.1 Å². The maximum Gasteiger partial charge on any atom is 0.273 e. The number of carbonyl (C=O) groups excluding carboxylic acids is 1. The molecule has 2 N–H and O–H groups in total. The van der Waals surface area contributed by atoms with Gasteiger partial charge in [0.25, 0.3) is 5.91 Å². The number of nitrogens with zero attached hydrogens (tertiary/aromatic N) is 2. The molecule has 1 aliphatic heterocycles. The van der Waals surface area contributed by atoms with Gasteiger partial charge in [0.05, 0.1) is 6.10 Å². The van der Waals surface area contributed by atoms with Crippen LogP contribution in [0, 0.1) is 0 Å². The average Bonchev–Trinajstić information content (AvgIpc) is 3.12. The van der Waals surface area contributed by atoms with Gasteiger partial charge in [0.1, 0.15) is 10.7 Å². The van der Waals surface area contributed by atoms with Crippen LogP contribution in [0.2, 0.25) is 5.02 Å². The normalized spacial score (nSPS) is 15.5. The number of ether oxygens (including phenoxy) is 1. The van der Waals surface area contributed by atoms with Gasteiger partial charge in [-0.3, -0.25) is 4.79 Å². The summed E-state index contributed by atoms with van der Waals surface area (Å²) in [4.78, 5) is 19.0. The van der Waals surface area contributed by atoms with Crippen molar-refractivity contribution in [2.45, 2.75) is 25.4 Å². The summed E-state index contributed by atoms with van der Waals surface area (Å²) in [5.41, 5.74) is 6.91. The SMILES string of the molecule is NCCCOC1CCN(C(=O)c2csc(-c3cccc(Cl)c3)n2)CC1. The lowest BCUT2D eigenvalue weighted by Crippen LogP contribution is -2.41. The van der Waals surface area contributed by atoms with Crippen LogP contribution in [0.15, 0.2) is 29.6 Å². The Hall–Kier alpha value is -1.47. The number of hydrogen-bond acceptors (Lipinski definition) is 5. The Balaban J connectivity index is 1.57. The highest BCUT2D eigenvalue weighted by Crippen LogP contribution is 2.27. The molecule has 0 aliphatic carbocycles. The zero-order chi connectivity index (χ0) is 17.6. The van der Waals surface area contributed by atoms with E-state index in [2.05, 4.69) is 4.98 Å². The summed E-state index contributed by atoms with van der Waals surface area (Å²) < 4.78 is 5.79. The highest BCUT2D eigenvalue weighted by molar-refractivity contribution is 7.13. The first-order chi connectivity index (χ1) is 12.2. The number of rotatable bonds is 6. The molecule has 1 saturated heterocycles. The quantitative estimate of drug-likeness (QED) is 0.780. The Morgan fingerprint density at radius 2 is 2.20 bits per heavy atom. The van der Waals surface area contributed by atoms with E-state index in [0.29, 0.717) is 37.0 Å². The van der Waals surface area contributed by atoms with E-state index < -0.39 is 0 Å². The summed E-state index contributed by atoms with van der Waals surface area (Å²) in [5, 5.41) is 3.30. The van der Waals surface area contributed by atoms with Crippen molar-refractivity contribution in [2.75, 3.05) is 26.2 Å². The predicted molar refractivity (Wildman–Crippen MR) is 101 cm³/mol. The molecule has 25 heavy (non-hydrogen) atoms. The minimum atomic E-state index is -0.00932. The standard InChI is InChI=1S/C18H22ClN3O2S/c19-14-4-1-3-13(11-14)17-21-16(12-25-17)18(23)22-8-5-15(6-9-22)24-10-2-7-20/h1,3-4,11-12,15H,2,5-10,20H2. The van der Waals surface area contributed by atoms with Gasteiger partial charge in [0, 0.05) is 35.7 Å². The molecule has 0 radical (unpaired) electrons. The molecule has 1 aliphatic rings. The fourth-order valence-electron chi connectivity index (χ4n) is 2.85. The van der Waals surface area contributed by atoms with Crippen LogP contribution in [0.25, 0.3) is 10.6 Å². The molecule has 1 aromatic carbocycles. The van der Waals surface area contributed by atoms with Crippen LogP contribution >= 0.6 is 22.9 Å². The fraction of sp³-hybridized carbons (Fsp3) is 0.444. The highest BCUT2D eigenvalue weighted by atomic mass is 35.5. The number of hydrogen-bond donors (Lipinski definition) is 1. The zero-order valence-electron chi connectivity index (χ0n) is 14.0. The molecule has 1 amide bonds. The van der Waals surface area contributed by atoms with E-state index in [1.54, 1.807) is 0 Å². The maximum absolute atomic E-state index is 12.7. The largest absolute Gasteiger partial charge is 0.378 e. The third-order valence-electron chi connectivity index (χ3n) is 4.23. The number of likely N-dealkylation sites (tertiary alicyclic amines) is 1. The van der Waals surface area contributed by atoms with Gasteiger partial charge in [0.2, 0.25) is 0 Å². The van der Waals surface area contributed by atoms with Crippen LogP contribution in [-0.2, 0) is 4.74 Å². The Morgan fingerprint density at radius 1 is 1.40 bits per heavy atom. The number of benzene rings is 1. The van der Waals surface area contributed by atoms with Gasteiger partial charge in [0.15, 0.2) is 0 Å². The third kappa shape index (κ3) is 4.79. The number of nitrogens with two attached hydrogens (primary N) is 1. The van der Waals surface area contributed by atoms with Gasteiger partial charge in [-0.25, -0.2) is 4.98 Å². The highest BCUT2D eigenvalue weighted by Gasteiger charge is 2.25. The average molecular weight is 380 g/mol.